The highest BCUT2D eigenvalue weighted by Gasteiger charge is 2.25. The summed E-state index contributed by atoms with van der Waals surface area (Å²) in [6, 6.07) is 0. The minimum atomic E-state index is -1.51. The molecule has 0 N–H and O–H groups in total. The van der Waals surface area contributed by atoms with Gasteiger partial charge in [0.25, 0.3) is 0 Å². The quantitative estimate of drug-likeness (QED) is 0.297. The van der Waals surface area contributed by atoms with Gasteiger partial charge >= 0.3 is 9.28 Å². The topological polar surface area (TPSA) is 40.2 Å². The Morgan fingerprint density at radius 2 is 1.84 bits per heavy atom. The van der Waals surface area contributed by atoms with E-state index in [4.69, 9.17) is 18.3 Å². The summed E-state index contributed by atoms with van der Waals surface area (Å²) >= 11 is 0. The van der Waals surface area contributed by atoms with E-state index in [0.717, 1.165) is 45.9 Å². The summed E-state index contributed by atoms with van der Waals surface area (Å²) in [5.41, 5.74) is 0.616. The zero-order valence-corrected chi connectivity index (χ0v) is 13.9. The Labute approximate surface area is 119 Å². The summed E-state index contributed by atoms with van der Waals surface area (Å²) in [5, 5.41) is 0. The van der Waals surface area contributed by atoms with Gasteiger partial charge in [-0.1, -0.05) is 13.3 Å². The first-order chi connectivity index (χ1) is 9.31. The van der Waals surface area contributed by atoms with Crippen molar-refractivity contribution >= 4 is 9.28 Å². The third-order valence-electron chi connectivity index (χ3n) is 3.28. The molecule has 0 aliphatic carbocycles. The van der Waals surface area contributed by atoms with Gasteiger partial charge < -0.3 is 18.3 Å². The van der Waals surface area contributed by atoms with Crippen LogP contribution < -0.4 is 0 Å². The van der Waals surface area contributed by atoms with Crippen molar-refractivity contribution in [3.8, 4) is 0 Å². The maximum absolute atomic E-state index is 5.86. The zero-order valence-electron chi connectivity index (χ0n) is 12.7. The number of rotatable bonds is 13. The SMILES string of the molecule is CCCC(CCCOCC1CO1)[SiH](OCC)OCC. The van der Waals surface area contributed by atoms with E-state index < -0.39 is 9.28 Å². The monoisotopic (exact) mass is 290 g/mol. The molecule has 1 rings (SSSR count). The van der Waals surface area contributed by atoms with E-state index in [9.17, 15) is 0 Å². The number of hydrogen-bond donors (Lipinski definition) is 0. The van der Waals surface area contributed by atoms with Crippen molar-refractivity contribution < 1.29 is 18.3 Å². The Morgan fingerprint density at radius 1 is 1.16 bits per heavy atom. The molecule has 0 amide bonds. The second kappa shape index (κ2) is 10.8. The van der Waals surface area contributed by atoms with Gasteiger partial charge in [-0.3, -0.25) is 0 Å². The first kappa shape index (κ1) is 17.1. The molecule has 114 valence electrons. The van der Waals surface area contributed by atoms with Crippen LogP contribution in [0.25, 0.3) is 0 Å². The number of ether oxygens (including phenoxy) is 2. The molecule has 0 bridgehead atoms. The minimum Gasteiger partial charge on any atom is -0.397 e. The molecule has 2 unspecified atom stereocenters. The molecule has 4 nitrogen and oxygen atoms in total. The Hall–Kier alpha value is 0.0569. The van der Waals surface area contributed by atoms with Crippen molar-refractivity contribution in [1.29, 1.82) is 0 Å². The van der Waals surface area contributed by atoms with Crippen LogP contribution in [-0.2, 0) is 18.3 Å². The Kier molecular flexibility index (Phi) is 9.72. The zero-order chi connectivity index (χ0) is 13.9. The summed E-state index contributed by atoms with van der Waals surface area (Å²) in [4.78, 5) is 0. The van der Waals surface area contributed by atoms with Gasteiger partial charge in [-0.2, -0.15) is 0 Å². The van der Waals surface area contributed by atoms with Gasteiger partial charge in [-0.15, -0.1) is 0 Å². The summed E-state index contributed by atoms with van der Waals surface area (Å²) in [6.45, 7) is 10.4. The van der Waals surface area contributed by atoms with E-state index in [1.54, 1.807) is 0 Å². The second-order valence-corrected chi connectivity index (χ2v) is 7.35. The lowest BCUT2D eigenvalue weighted by Gasteiger charge is -2.24. The van der Waals surface area contributed by atoms with Gasteiger partial charge in [0.05, 0.1) is 13.2 Å². The van der Waals surface area contributed by atoms with Crippen molar-refractivity contribution in [3.63, 3.8) is 0 Å². The van der Waals surface area contributed by atoms with E-state index in [-0.39, 0.29) is 0 Å². The predicted molar refractivity (Wildman–Crippen MR) is 78.9 cm³/mol. The van der Waals surface area contributed by atoms with Crippen LogP contribution >= 0.6 is 0 Å². The molecule has 0 aromatic heterocycles. The fraction of sp³-hybridized carbons (Fsp3) is 1.00. The summed E-state index contributed by atoms with van der Waals surface area (Å²) in [7, 11) is -1.51. The molecule has 1 aliphatic heterocycles. The standard InChI is InChI=1S/C14H30O4Si/c1-4-8-14(19(17-5-2)18-6-3)9-7-10-15-11-13-12-16-13/h13-14,19H,4-12H2,1-3H3. The minimum absolute atomic E-state index is 0.375. The molecule has 0 aromatic rings. The molecule has 1 fully saturated rings. The maximum Gasteiger partial charge on any atom is 0.324 e. The molecule has 1 aliphatic rings. The van der Waals surface area contributed by atoms with Gasteiger partial charge in [-0.05, 0) is 38.7 Å². The first-order valence-electron chi connectivity index (χ1n) is 7.74. The van der Waals surface area contributed by atoms with Crippen LogP contribution in [0.4, 0.5) is 0 Å². The fourth-order valence-electron chi connectivity index (χ4n) is 2.26. The Bertz CT molecular complexity index is 206. The lowest BCUT2D eigenvalue weighted by Crippen LogP contribution is -2.29. The van der Waals surface area contributed by atoms with E-state index >= 15 is 0 Å². The van der Waals surface area contributed by atoms with E-state index in [1.807, 2.05) is 0 Å². The smallest absolute Gasteiger partial charge is 0.324 e. The van der Waals surface area contributed by atoms with Gasteiger partial charge in [0.1, 0.15) is 6.10 Å². The number of hydrogen-bond acceptors (Lipinski definition) is 4. The molecular weight excluding hydrogens is 260 g/mol. The third kappa shape index (κ3) is 8.04. The molecule has 0 spiro atoms. The normalized spacial score (nSPS) is 19.9. The molecule has 1 saturated heterocycles. The average Bonchev–Trinajstić information content (AvgIpc) is 3.21. The van der Waals surface area contributed by atoms with Gasteiger partial charge in [0, 0.05) is 19.8 Å². The fourth-order valence-corrected chi connectivity index (χ4v) is 4.67. The molecule has 5 heteroatoms. The Balaban J connectivity index is 2.18. The first-order valence-corrected chi connectivity index (χ1v) is 9.35. The molecule has 0 aromatic carbocycles. The highest BCUT2D eigenvalue weighted by atomic mass is 28.3. The maximum atomic E-state index is 5.86. The third-order valence-corrected chi connectivity index (χ3v) is 6.04. The summed E-state index contributed by atoms with van der Waals surface area (Å²) in [6.07, 6.45) is 5.05. The molecule has 19 heavy (non-hydrogen) atoms. The van der Waals surface area contributed by atoms with Crippen LogP contribution in [0.1, 0.15) is 46.5 Å². The molecule has 2 atom stereocenters. The largest absolute Gasteiger partial charge is 0.397 e. The van der Waals surface area contributed by atoms with E-state index in [2.05, 4.69) is 20.8 Å². The van der Waals surface area contributed by atoms with Crippen LogP contribution in [0.5, 0.6) is 0 Å². The predicted octanol–water partition coefficient (Wildman–Crippen LogP) is 2.65. The summed E-state index contributed by atoms with van der Waals surface area (Å²) in [5.74, 6) is 0. The van der Waals surface area contributed by atoms with Crippen molar-refractivity contribution in [2.45, 2.75) is 58.1 Å². The lowest BCUT2D eigenvalue weighted by atomic mass is 10.1. The van der Waals surface area contributed by atoms with Gasteiger partial charge in [-0.25, -0.2) is 0 Å². The van der Waals surface area contributed by atoms with Crippen LogP contribution in [0.3, 0.4) is 0 Å². The summed E-state index contributed by atoms with van der Waals surface area (Å²) < 4.78 is 22.4. The van der Waals surface area contributed by atoms with Crippen LogP contribution in [0, 0.1) is 0 Å². The molecule has 1 heterocycles. The van der Waals surface area contributed by atoms with Crippen LogP contribution in [0.2, 0.25) is 5.54 Å². The van der Waals surface area contributed by atoms with Crippen LogP contribution in [-0.4, -0.2) is 48.4 Å². The molecular formula is C14H30O4Si. The van der Waals surface area contributed by atoms with Gasteiger partial charge in [0.2, 0.25) is 0 Å². The van der Waals surface area contributed by atoms with Crippen molar-refractivity contribution in [2.75, 3.05) is 33.0 Å². The van der Waals surface area contributed by atoms with Crippen molar-refractivity contribution in [3.05, 3.63) is 0 Å². The second-order valence-electron chi connectivity index (χ2n) is 5.00. The lowest BCUT2D eigenvalue weighted by molar-refractivity contribution is 0.111. The van der Waals surface area contributed by atoms with Gasteiger partial charge in [0.15, 0.2) is 0 Å². The van der Waals surface area contributed by atoms with E-state index in [1.165, 1.54) is 12.8 Å². The molecule has 0 radical (unpaired) electrons. The average molecular weight is 290 g/mol. The number of epoxide rings is 1. The van der Waals surface area contributed by atoms with Crippen molar-refractivity contribution in [2.24, 2.45) is 0 Å². The Morgan fingerprint density at radius 3 is 2.37 bits per heavy atom. The molecule has 0 saturated carbocycles. The van der Waals surface area contributed by atoms with E-state index in [0.29, 0.717) is 11.6 Å². The highest BCUT2D eigenvalue weighted by Crippen LogP contribution is 2.25. The van der Waals surface area contributed by atoms with Crippen LogP contribution in [0.15, 0.2) is 0 Å². The van der Waals surface area contributed by atoms with Crippen molar-refractivity contribution in [1.82, 2.24) is 0 Å². The highest BCUT2D eigenvalue weighted by molar-refractivity contribution is 6.46.